The first kappa shape index (κ1) is 19.2. The summed E-state index contributed by atoms with van der Waals surface area (Å²) in [7, 11) is 0. The highest BCUT2D eigenvalue weighted by Gasteiger charge is 2.16. The van der Waals surface area contributed by atoms with Crippen molar-refractivity contribution in [2.75, 3.05) is 19.6 Å². The van der Waals surface area contributed by atoms with Gasteiger partial charge in [0.2, 0.25) is 0 Å². The lowest BCUT2D eigenvalue weighted by Gasteiger charge is -2.28. The van der Waals surface area contributed by atoms with E-state index in [4.69, 9.17) is 4.74 Å². The molecule has 0 aromatic heterocycles. The lowest BCUT2D eigenvalue weighted by molar-refractivity contribution is 0.0526. The molecule has 0 aliphatic rings. The Labute approximate surface area is 125 Å². The Kier molecular flexibility index (Phi) is 8.86. The van der Waals surface area contributed by atoms with Crippen LogP contribution in [0.25, 0.3) is 0 Å². The zero-order valence-electron chi connectivity index (χ0n) is 14.5. The molecule has 0 heterocycles. The molecule has 0 spiro atoms. The van der Waals surface area contributed by atoms with Crippen molar-refractivity contribution >= 4 is 6.09 Å². The van der Waals surface area contributed by atoms with Crippen LogP contribution in [0.5, 0.6) is 0 Å². The molecule has 0 saturated carbocycles. The van der Waals surface area contributed by atoms with E-state index < -0.39 is 5.60 Å². The van der Waals surface area contributed by atoms with Gasteiger partial charge in [-0.05, 0) is 59.9 Å². The first-order valence-corrected chi connectivity index (χ1v) is 7.86. The zero-order chi connectivity index (χ0) is 15.8. The van der Waals surface area contributed by atoms with Crippen LogP contribution in [0.3, 0.4) is 0 Å². The Morgan fingerprint density at radius 3 is 2.30 bits per heavy atom. The third-order valence-corrected chi connectivity index (χ3v) is 3.22. The van der Waals surface area contributed by atoms with Crippen LogP contribution in [0.1, 0.15) is 61.3 Å². The molecule has 4 nitrogen and oxygen atoms in total. The summed E-state index contributed by atoms with van der Waals surface area (Å²) in [5.41, 5.74) is -0.420. The quantitative estimate of drug-likeness (QED) is 0.692. The van der Waals surface area contributed by atoms with Gasteiger partial charge in [0, 0.05) is 19.1 Å². The standard InChI is InChI=1S/C16H34N2O2/c1-8-18(13(2)3)12-14(4)10-9-11-17-15(19)20-16(5,6)7/h13-14H,8-12H2,1-7H3,(H,17,19). The molecule has 20 heavy (non-hydrogen) atoms. The highest BCUT2D eigenvalue weighted by molar-refractivity contribution is 5.67. The second-order valence-corrected chi connectivity index (χ2v) is 6.86. The smallest absolute Gasteiger partial charge is 0.407 e. The molecule has 1 atom stereocenters. The van der Waals surface area contributed by atoms with Gasteiger partial charge in [0.05, 0.1) is 0 Å². The van der Waals surface area contributed by atoms with E-state index in [0.717, 1.165) is 25.9 Å². The molecular weight excluding hydrogens is 252 g/mol. The first-order chi connectivity index (χ1) is 9.15. The number of alkyl carbamates (subject to hydrolysis) is 1. The van der Waals surface area contributed by atoms with Crippen LogP contribution in [0.2, 0.25) is 0 Å². The van der Waals surface area contributed by atoms with Gasteiger partial charge in [0.25, 0.3) is 0 Å². The molecule has 0 aromatic carbocycles. The van der Waals surface area contributed by atoms with Gasteiger partial charge < -0.3 is 15.0 Å². The lowest BCUT2D eigenvalue weighted by Crippen LogP contribution is -2.35. The van der Waals surface area contributed by atoms with Gasteiger partial charge in [0.15, 0.2) is 0 Å². The predicted octanol–water partition coefficient (Wildman–Crippen LogP) is 3.66. The fourth-order valence-corrected chi connectivity index (χ4v) is 2.15. The van der Waals surface area contributed by atoms with Crippen LogP contribution in [0.4, 0.5) is 4.79 Å². The van der Waals surface area contributed by atoms with Crippen molar-refractivity contribution in [1.82, 2.24) is 10.2 Å². The molecule has 4 heteroatoms. The number of nitrogens with zero attached hydrogens (tertiary/aromatic N) is 1. The summed E-state index contributed by atoms with van der Waals surface area (Å²) in [6.45, 7) is 17.5. The van der Waals surface area contributed by atoms with Crippen molar-refractivity contribution in [2.24, 2.45) is 5.92 Å². The second-order valence-electron chi connectivity index (χ2n) is 6.86. The molecule has 0 aliphatic heterocycles. The van der Waals surface area contributed by atoms with Crippen LogP contribution in [-0.2, 0) is 4.74 Å². The third kappa shape index (κ3) is 10.1. The predicted molar refractivity (Wildman–Crippen MR) is 85.0 cm³/mol. The number of carbonyl (C=O) groups is 1. The summed E-state index contributed by atoms with van der Waals surface area (Å²) in [5.74, 6) is 0.651. The average molecular weight is 286 g/mol. The highest BCUT2D eigenvalue weighted by atomic mass is 16.6. The molecule has 1 unspecified atom stereocenters. The highest BCUT2D eigenvalue weighted by Crippen LogP contribution is 2.10. The molecule has 0 bridgehead atoms. The summed E-state index contributed by atoms with van der Waals surface area (Å²) >= 11 is 0. The van der Waals surface area contributed by atoms with Crippen LogP contribution >= 0.6 is 0 Å². The molecule has 1 N–H and O–H groups in total. The van der Waals surface area contributed by atoms with Gasteiger partial charge in [0.1, 0.15) is 5.60 Å². The molecule has 1 amide bonds. The number of nitrogens with one attached hydrogen (secondary N) is 1. The van der Waals surface area contributed by atoms with E-state index in [9.17, 15) is 4.79 Å². The topological polar surface area (TPSA) is 41.6 Å². The van der Waals surface area contributed by atoms with Crippen LogP contribution in [0.15, 0.2) is 0 Å². The maximum Gasteiger partial charge on any atom is 0.407 e. The van der Waals surface area contributed by atoms with Gasteiger partial charge in [-0.3, -0.25) is 0 Å². The first-order valence-electron chi connectivity index (χ1n) is 7.86. The SMILES string of the molecule is CCN(CC(C)CCCNC(=O)OC(C)(C)C)C(C)C. The summed E-state index contributed by atoms with van der Waals surface area (Å²) in [6.07, 6.45) is 1.80. The minimum Gasteiger partial charge on any atom is -0.444 e. The van der Waals surface area contributed by atoms with Gasteiger partial charge in [-0.25, -0.2) is 4.79 Å². The molecule has 120 valence electrons. The molecule has 0 aliphatic carbocycles. The van der Waals surface area contributed by atoms with Gasteiger partial charge in [-0.15, -0.1) is 0 Å². The minimum absolute atomic E-state index is 0.317. The van der Waals surface area contributed by atoms with Crippen LogP contribution in [0, 0.1) is 5.92 Å². The van der Waals surface area contributed by atoms with Crippen molar-refractivity contribution in [2.45, 2.75) is 73.0 Å². The van der Waals surface area contributed by atoms with E-state index in [1.165, 1.54) is 0 Å². The maximum absolute atomic E-state index is 11.5. The van der Waals surface area contributed by atoms with E-state index in [-0.39, 0.29) is 6.09 Å². The van der Waals surface area contributed by atoms with E-state index in [0.29, 0.717) is 18.5 Å². The monoisotopic (exact) mass is 286 g/mol. The Hall–Kier alpha value is -0.770. The van der Waals surface area contributed by atoms with E-state index in [2.05, 4.69) is 37.9 Å². The van der Waals surface area contributed by atoms with Gasteiger partial charge in [-0.2, -0.15) is 0 Å². The minimum atomic E-state index is -0.420. The number of hydrogen-bond acceptors (Lipinski definition) is 3. The summed E-state index contributed by atoms with van der Waals surface area (Å²) < 4.78 is 5.20. The fraction of sp³-hybridized carbons (Fsp3) is 0.938. The molecular formula is C16H34N2O2. The molecule has 0 fully saturated rings. The zero-order valence-corrected chi connectivity index (χ0v) is 14.5. The van der Waals surface area contributed by atoms with E-state index in [1.54, 1.807) is 0 Å². The largest absolute Gasteiger partial charge is 0.444 e. The summed E-state index contributed by atoms with van der Waals surface area (Å²) in [5, 5.41) is 2.81. The Morgan fingerprint density at radius 2 is 1.85 bits per heavy atom. The average Bonchev–Trinajstić information content (AvgIpc) is 2.29. The molecule has 0 aromatic rings. The van der Waals surface area contributed by atoms with Crippen molar-refractivity contribution in [3.8, 4) is 0 Å². The van der Waals surface area contributed by atoms with Gasteiger partial charge >= 0.3 is 6.09 Å². The van der Waals surface area contributed by atoms with Crippen LogP contribution < -0.4 is 5.32 Å². The summed E-state index contributed by atoms with van der Waals surface area (Å²) in [6, 6.07) is 0.599. The van der Waals surface area contributed by atoms with Crippen molar-refractivity contribution < 1.29 is 9.53 Å². The number of amides is 1. The van der Waals surface area contributed by atoms with Crippen molar-refractivity contribution in [1.29, 1.82) is 0 Å². The summed E-state index contributed by atoms with van der Waals surface area (Å²) in [4.78, 5) is 14.0. The molecule has 0 saturated heterocycles. The Morgan fingerprint density at radius 1 is 1.25 bits per heavy atom. The number of ether oxygens (including phenoxy) is 1. The number of rotatable bonds is 8. The van der Waals surface area contributed by atoms with E-state index >= 15 is 0 Å². The normalized spacial score (nSPS) is 13.7. The van der Waals surface area contributed by atoms with Crippen molar-refractivity contribution in [3.05, 3.63) is 0 Å². The molecule has 0 rings (SSSR count). The van der Waals surface area contributed by atoms with Crippen LogP contribution in [-0.4, -0.2) is 42.3 Å². The second kappa shape index (κ2) is 9.22. The fourth-order valence-electron chi connectivity index (χ4n) is 2.15. The molecule has 0 radical (unpaired) electrons. The van der Waals surface area contributed by atoms with Crippen molar-refractivity contribution in [3.63, 3.8) is 0 Å². The Bertz CT molecular complexity index is 272. The van der Waals surface area contributed by atoms with Gasteiger partial charge in [-0.1, -0.05) is 13.8 Å². The number of carbonyl (C=O) groups excluding carboxylic acids is 1. The third-order valence-electron chi connectivity index (χ3n) is 3.22. The van der Waals surface area contributed by atoms with E-state index in [1.807, 2.05) is 20.8 Å². The number of hydrogen-bond donors (Lipinski definition) is 1. The maximum atomic E-state index is 11.5. The Balaban J connectivity index is 3.76. The lowest BCUT2D eigenvalue weighted by atomic mass is 10.0.